The van der Waals surface area contributed by atoms with Crippen molar-refractivity contribution in [3.8, 4) is 23.3 Å². The summed E-state index contributed by atoms with van der Waals surface area (Å²) in [4.78, 5) is 77.0. The molecule has 4 atom stereocenters. The summed E-state index contributed by atoms with van der Waals surface area (Å²) in [6.07, 6.45) is 4.50. The lowest BCUT2D eigenvalue weighted by Crippen LogP contribution is -2.50. The maximum absolute atomic E-state index is 13.2. The van der Waals surface area contributed by atoms with Crippen LogP contribution >= 0.6 is 23.5 Å². The summed E-state index contributed by atoms with van der Waals surface area (Å²) in [5.74, 6) is 5.42. The monoisotopic (exact) mass is 1090 g/mol. The molecule has 0 saturated carbocycles. The van der Waals surface area contributed by atoms with Crippen molar-refractivity contribution in [2.24, 2.45) is 4.99 Å². The van der Waals surface area contributed by atoms with Crippen molar-refractivity contribution in [3.05, 3.63) is 80.4 Å². The second kappa shape index (κ2) is 19.7. The number of hydrogen-bond acceptors (Lipinski definition) is 17. The van der Waals surface area contributed by atoms with E-state index < -0.39 is 69.4 Å². The molecule has 392 valence electrons. The zero-order chi connectivity index (χ0) is 53.2. The van der Waals surface area contributed by atoms with Gasteiger partial charge in [0.05, 0.1) is 63.2 Å². The van der Waals surface area contributed by atoms with Crippen LogP contribution in [0, 0.1) is 11.8 Å². The molecule has 2 aromatic heterocycles. The third-order valence-corrected chi connectivity index (χ3v) is 16.9. The number of allylic oxidation sites excluding steroid dienone is 1. The minimum atomic E-state index is -5.73. The Kier molecular flexibility index (Phi) is 14.6. The summed E-state index contributed by atoms with van der Waals surface area (Å²) in [6.45, 7) is 12.5. The van der Waals surface area contributed by atoms with Crippen LogP contribution < -0.4 is 41.5 Å². The number of nitrogens with one attached hydrogen (secondary N) is 2. The van der Waals surface area contributed by atoms with E-state index in [1.165, 1.54) is 10.8 Å². The molecule has 0 spiro atoms. The first kappa shape index (κ1) is 53.9. The molecular formula is C44H53N8O17P3S. The number of nitrogens with two attached hydrogens (primary N) is 1. The molecule has 4 aliphatic heterocycles. The first-order valence-electron chi connectivity index (χ1n) is 22.7. The second-order valence-electron chi connectivity index (χ2n) is 18.7. The number of phosphoric acid groups is 3. The molecule has 0 aliphatic carbocycles. The Hall–Kier alpha value is -5.35. The summed E-state index contributed by atoms with van der Waals surface area (Å²) in [5, 5.41) is 3.88. The number of rotatable bonds is 16. The highest BCUT2D eigenvalue weighted by atomic mass is 32.2. The number of ether oxygens (including phenoxy) is 2. The molecule has 1 amide bonds. The van der Waals surface area contributed by atoms with Crippen molar-refractivity contribution in [2.75, 3.05) is 42.6 Å². The molecule has 2 aromatic carbocycles. The molecule has 4 aliphatic rings. The van der Waals surface area contributed by atoms with Crippen LogP contribution in [0.15, 0.2) is 52.4 Å². The van der Waals surface area contributed by atoms with E-state index in [-0.39, 0.29) is 59.8 Å². The number of carbonyl (C=O) groups is 1. The predicted molar refractivity (Wildman–Crippen MR) is 264 cm³/mol. The average molecular weight is 1090 g/mol. The summed E-state index contributed by atoms with van der Waals surface area (Å²) in [6, 6.07) is 7.52. The fraction of sp³-hybridized carbons (Fsp3) is 0.432. The van der Waals surface area contributed by atoms with E-state index in [4.69, 9.17) is 34.5 Å². The molecule has 2 unspecified atom stereocenters. The van der Waals surface area contributed by atoms with E-state index in [0.717, 1.165) is 23.4 Å². The predicted octanol–water partition coefficient (Wildman–Crippen LogP) is 3.57. The van der Waals surface area contributed by atoms with Crippen LogP contribution in [-0.2, 0) is 46.5 Å². The lowest BCUT2D eigenvalue weighted by molar-refractivity contribution is -0.120. The Labute approximate surface area is 417 Å². The third-order valence-electron chi connectivity index (χ3n) is 12.4. The topological polar surface area (TPSA) is 360 Å². The molecular weight excluding hydrogens is 1040 g/mol. The summed E-state index contributed by atoms with van der Waals surface area (Å²) < 4.78 is 99.7. The molecule has 4 aromatic rings. The Bertz CT molecular complexity index is 3560. The Balaban J connectivity index is 0.959. The number of hydrogen-bond donors (Lipinski definition) is 7. The van der Waals surface area contributed by atoms with Crippen molar-refractivity contribution >= 4 is 79.0 Å². The normalized spacial score (nSPS) is 20.4. The standard InChI is InChI=1S/C44H53N8O17P3S/c1-7-51-33-18-35-31(16-29(33)25(2)20-43(51,3)4)47-32-17-30-27(24-73(62,63)64)21-44(5,6)52(34(30)19-36(32)67-35)15-9-11-37(53)46-14-8-10-26-22-50(40-39(26)41(54)49-42(45)48-40)38-13-12-28(66-38)23-65-71(58,59)69-72(60,61)68-70(55,56)57/h16-22,28,38H,7,9,11-15,23-24H2,1-6H3,(H8-,45,46,48,49,53,54,55,56,57,58,59,60,61,62,63,64)/t28-,38+/m0/s1. The third kappa shape index (κ3) is 12.1. The van der Waals surface area contributed by atoms with Crippen molar-refractivity contribution in [1.29, 1.82) is 0 Å². The average Bonchev–Trinajstić information content (AvgIpc) is 3.86. The minimum Gasteiger partial charge on any atom is -0.748 e. The maximum Gasteiger partial charge on any atom is 0.490 e. The molecule has 0 radical (unpaired) electrons. The van der Waals surface area contributed by atoms with Gasteiger partial charge >= 0.3 is 23.5 Å². The van der Waals surface area contributed by atoms with Gasteiger partial charge in [-0.25, -0.2) is 31.7 Å². The van der Waals surface area contributed by atoms with E-state index in [9.17, 15) is 46.0 Å². The highest BCUT2D eigenvalue weighted by Gasteiger charge is 2.42. The van der Waals surface area contributed by atoms with Crippen molar-refractivity contribution in [2.45, 2.75) is 90.6 Å². The quantitative estimate of drug-likeness (QED) is 0.0321. The number of nitrogen functional groups attached to an aromatic ring is 1. The minimum absolute atomic E-state index is 0.0472. The van der Waals surface area contributed by atoms with Crippen LogP contribution in [0.1, 0.15) is 90.1 Å². The molecule has 6 heterocycles. The number of fused-ring (bicyclic) bond motifs is 5. The zero-order valence-corrected chi connectivity index (χ0v) is 43.7. The van der Waals surface area contributed by atoms with Gasteiger partial charge in [-0.2, -0.15) is 13.6 Å². The zero-order valence-electron chi connectivity index (χ0n) is 40.2. The van der Waals surface area contributed by atoms with Gasteiger partial charge in [0.25, 0.3) is 5.56 Å². The molecule has 1 fully saturated rings. The van der Waals surface area contributed by atoms with Gasteiger partial charge in [0, 0.05) is 56.7 Å². The Morgan fingerprint density at radius 1 is 1.05 bits per heavy atom. The highest BCUT2D eigenvalue weighted by molar-refractivity contribution is 7.86. The van der Waals surface area contributed by atoms with Gasteiger partial charge in [0.15, 0.2) is 22.7 Å². The molecule has 73 heavy (non-hydrogen) atoms. The lowest BCUT2D eigenvalue weighted by Gasteiger charge is -2.43. The van der Waals surface area contributed by atoms with Crippen LogP contribution in [0.3, 0.4) is 0 Å². The molecule has 8 N–H and O–H groups in total. The highest BCUT2D eigenvalue weighted by Crippen LogP contribution is 2.66. The Morgan fingerprint density at radius 3 is 2.49 bits per heavy atom. The molecule has 25 nitrogen and oxygen atoms in total. The number of amides is 1. The van der Waals surface area contributed by atoms with Gasteiger partial charge in [0.2, 0.25) is 17.2 Å². The van der Waals surface area contributed by atoms with Gasteiger partial charge in [-0.15, -0.1) is 0 Å². The number of aromatic amines is 1. The van der Waals surface area contributed by atoms with Crippen LogP contribution in [-0.4, -0.2) is 102 Å². The number of likely N-dealkylation sites (N-methyl/N-ethyl adjacent to an activating group) is 1. The van der Waals surface area contributed by atoms with Crippen molar-refractivity contribution in [3.63, 3.8) is 0 Å². The van der Waals surface area contributed by atoms with Crippen LogP contribution in [0.2, 0.25) is 0 Å². The SMILES string of the molecule is CCN1c2cc3c(cc2C(C)=CC1(C)C)N=c1cc2c(cc1O3)=[N+](CCCC(=O)NCC#Cc1cn([C@H]3CC[C@@H](COP(=O)(O)OP(=O)(O)OP(=O)(O)O)O3)c3nc(N)[nH]c(=O)c13)C(C)(C)C=C2CS(=O)(=O)[O-]. The summed E-state index contributed by atoms with van der Waals surface area (Å²) >= 11 is 0. The molecule has 29 heteroatoms. The first-order chi connectivity index (χ1) is 33.9. The fourth-order valence-electron chi connectivity index (χ4n) is 9.66. The van der Waals surface area contributed by atoms with Crippen molar-refractivity contribution in [1.82, 2.24) is 24.4 Å². The van der Waals surface area contributed by atoms with Crippen LogP contribution in [0.25, 0.3) is 22.2 Å². The number of H-pyrrole nitrogens is 1. The van der Waals surface area contributed by atoms with E-state index in [2.05, 4.69) is 74.4 Å². The molecule has 8 rings (SSSR count). The number of phosphoric ester groups is 1. The smallest absolute Gasteiger partial charge is 0.490 e. The van der Waals surface area contributed by atoms with Gasteiger partial charge in [-0.05, 0) is 69.9 Å². The summed E-state index contributed by atoms with van der Waals surface area (Å²) in [7, 11) is -21.4. The number of nitrogens with zero attached hydrogens (tertiary/aromatic N) is 5. The van der Waals surface area contributed by atoms with Gasteiger partial charge in [-0.1, -0.05) is 17.9 Å². The van der Waals surface area contributed by atoms with E-state index in [0.29, 0.717) is 52.0 Å². The van der Waals surface area contributed by atoms with E-state index in [1.54, 1.807) is 18.2 Å². The second-order valence-corrected chi connectivity index (χ2v) is 24.6. The number of anilines is 2. The van der Waals surface area contributed by atoms with Crippen LogP contribution in [0.4, 0.5) is 17.3 Å². The van der Waals surface area contributed by atoms with Crippen LogP contribution in [0.5, 0.6) is 11.5 Å². The molecule has 1 saturated heterocycles. The lowest BCUT2D eigenvalue weighted by atomic mass is 9.88. The largest absolute Gasteiger partial charge is 0.748 e. The van der Waals surface area contributed by atoms with E-state index >= 15 is 0 Å². The number of aromatic nitrogens is 3. The number of benzene rings is 2. The van der Waals surface area contributed by atoms with Gasteiger partial charge in [0.1, 0.15) is 23.8 Å². The van der Waals surface area contributed by atoms with Gasteiger partial charge in [-0.3, -0.25) is 19.1 Å². The van der Waals surface area contributed by atoms with Crippen molar-refractivity contribution < 1.29 is 73.7 Å². The van der Waals surface area contributed by atoms with Gasteiger partial charge < -0.3 is 54.1 Å². The fourth-order valence-corrected chi connectivity index (χ4v) is 13.3. The maximum atomic E-state index is 13.2. The summed E-state index contributed by atoms with van der Waals surface area (Å²) in [5.41, 5.74) is 9.05. The Morgan fingerprint density at radius 2 is 1.79 bits per heavy atom. The number of carbonyl (C=O) groups excluding carboxylic acids is 1. The first-order valence-corrected chi connectivity index (χ1v) is 28.8. The van der Waals surface area contributed by atoms with E-state index in [1.807, 2.05) is 30.6 Å². The molecule has 0 bridgehead atoms.